The second-order valence-corrected chi connectivity index (χ2v) is 6.77. The van der Waals surface area contributed by atoms with Crippen LogP contribution in [0, 0.1) is 6.92 Å². The Labute approximate surface area is 161 Å². The molecule has 2 heterocycles. The Kier molecular flexibility index (Phi) is 4.60. The molecule has 0 aliphatic heterocycles. The standard InChI is InChI=1S/C21H17ClN4O/c1-14-3-6-16(19-13-26-10-2-9-23-21(26)25-19)12-18(14)24-20(27)11-15-4-7-17(22)8-5-15/h2-10,12-13H,11H2,1H3,(H,24,27). The van der Waals surface area contributed by atoms with E-state index in [0.29, 0.717) is 17.2 Å². The SMILES string of the molecule is Cc1ccc(-c2cn3cccnc3n2)cc1NC(=O)Cc1ccc(Cl)cc1. The van der Waals surface area contributed by atoms with E-state index in [2.05, 4.69) is 15.3 Å². The molecule has 4 aromatic rings. The highest BCUT2D eigenvalue weighted by Crippen LogP contribution is 2.25. The third-order valence-electron chi connectivity index (χ3n) is 4.32. The van der Waals surface area contributed by atoms with Crippen molar-refractivity contribution in [1.82, 2.24) is 14.4 Å². The Hall–Kier alpha value is -3.18. The number of anilines is 1. The van der Waals surface area contributed by atoms with E-state index >= 15 is 0 Å². The molecular weight excluding hydrogens is 360 g/mol. The second-order valence-electron chi connectivity index (χ2n) is 6.33. The largest absolute Gasteiger partial charge is 0.326 e. The maximum atomic E-state index is 12.4. The molecule has 0 fully saturated rings. The number of imidazole rings is 1. The summed E-state index contributed by atoms with van der Waals surface area (Å²) in [6, 6.07) is 15.0. The van der Waals surface area contributed by atoms with E-state index in [1.54, 1.807) is 18.3 Å². The first-order chi connectivity index (χ1) is 13.1. The predicted molar refractivity (Wildman–Crippen MR) is 107 cm³/mol. The molecule has 1 N–H and O–H groups in total. The van der Waals surface area contributed by atoms with E-state index in [9.17, 15) is 4.79 Å². The molecule has 134 valence electrons. The highest BCUT2D eigenvalue weighted by atomic mass is 35.5. The molecule has 1 amide bonds. The summed E-state index contributed by atoms with van der Waals surface area (Å²) in [5.41, 5.74) is 4.41. The minimum absolute atomic E-state index is 0.0748. The van der Waals surface area contributed by atoms with Crippen molar-refractivity contribution in [3.05, 3.63) is 83.3 Å². The van der Waals surface area contributed by atoms with E-state index in [-0.39, 0.29) is 5.91 Å². The monoisotopic (exact) mass is 376 g/mol. The van der Waals surface area contributed by atoms with Gasteiger partial charge >= 0.3 is 0 Å². The lowest BCUT2D eigenvalue weighted by Gasteiger charge is -2.10. The molecule has 5 nitrogen and oxygen atoms in total. The van der Waals surface area contributed by atoms with Gasteiger partial charge in [0, 0.05) is 34.9 Å². The molecule has 0 aliphatic rings. The van der Waals surface area contributed by atoms with Crippen LogP contribution in [0.15, 0.2) is 67.1 Å². The van der Waals surface area contributed by atoms with Gasteiger partial charge in [0.1, 0.15) is 0 Å². The fraction of sp³-hybridized carbons (Fsp3) is 0.0952. The van der Waals surface area contributed by atoms with Crippen LogP contribution < -0.4 is 5.32 Å². The van der Waals surface area contributed by atoms with E-state index in [1.165, 1.54) is 0 Å². The van der Waals surface area contributed by atoms with Gasteiger partial charge in [-0.25, -0.2) is 9.97 Å². The smallest absolute Gasteiger partial charge is 0.234 e. The molecule has 6 heteroatoms. The number of rotatable bonds is 4. The zero-order valence-corrected chi connectivity index (χ0v) is 15.4. The summed E-state index contributed by atoms with van der Waals surface area (Å²) in [6.45, 7) is 1.97. The minimum atomic E-state index is -0.0748. The number of halogens is 1. The topological polar surface area (TPSA) is 59.3 Å². The molecule has 4 rings (SSSR count). The van der Waals surface area contributed by atoms with E-state index in [1.807, 2.05) is 60.1 Å². The average Bonchev–Trinajstić information content (AvgIpc) is 3.09. The summed E-state index contributed by atoms with van der Waals surface area (Å²) >= 11 is 5.89. The van der Waals surface area contributed by atoms with Crippen molar-refractivity contribution >= 4 is 29.0 Å². The van der Waals surface area contributed by atoms with E-state index in [4.69, 9.17) is 11.6 Å². The molecule has 0 radical (unpaired) electrons. The maximum Gasteiger partial charge on any atom is 0.234 e. The van der Waals surface area contributed by atoms with Gasteiger partial charge in [-0.05, 0) is 42.3 Å². The van der Waals surface area contributed by atoms with Crippen molar-refractivity contribution in [2.45, 2.75) is 13.3 Å². The van der Waals surface area contributed by atoms with Gasteiger partial charge in [0.25, 0.3) is 0 Å². The van der Waals surface area contributed by atoms with Gasteiger partial charge < -0.3 is 5.32 Å². The zero-order chi connectivity index (χ0) is 18.8. The first-order valence-electron chi connectivity index (χ1n) is 8.53. The molecule has 0 unspecified atom stereocenters. The van der Waals surface area contributed by atoms with Gasteiger partial charge in [-0.2, -0.15) is 0 Å². The van der Waals surface area contributed by atoms with Gasteiger partial charge in [-0.3, -0.25) is 9.20 Å². The second kappa shape index (κ2) is 7.21. The Balaban J connectivity index is 1.56. The van der Waals surface area contributed by atoms with Crippen LogP contribution in [0.1, 0.15) is 11.1 Å². The molecule has 0 aliphatic carbocycles. The number of aromatic nitrogens is 3. The van der Waals surface area contributed by atoms with E-state index < -0.39 is 0 Å². The molecule has 0 atom stereocenters. The number of carbonyl (C=O) groups excluding carboxylic acids is 1. The van der Waals surface area contributed by atoms with Crippen molar-refractivity contribution in [3.63, 3.8) is 0 Å². The number of hydrogen-bond donors (Lipinski definition) is 1. The van der Waals surface area contributed by atoms with Crippen LogP contribution >= 0.6 is 11.6 Å². The third kappa shape index (κ3) is 3.83. The summed E-state index contributed by atoms with van der Waals surface area (Å²) in [6.07, 6.45) is 5.83. The summed E-state index contributed by atoms with van der Waals surface area (Å²) < 4.78 is 1.87. The molecule has 2 aromatic heterocycles. The number of nitrogens with one attached hydrogen (secondary N) is 1. The quantitative estimate of drug-likeness (QED) is 0.568. The van der Waals surface area contributed by atoms with Gasteiger partial charge in [-0.1, -0.05) is 35.9 Å². The molecule has 0 saturated carbocycles. The fourth-order valence-corrected chi connectivity index (χ4v) is 2.99. The van der Waals surface area contributed by atoms with Crippen LogP contribution in [0.4, 0.5) is 5.69 Å². The number of nitrogens with zero attached hydrogens (tertiary/aromatic N) is 3. The van der Waals surface area contributed by atoms with Crippen molar-refractivity contribution in [2.75, 3.05) is 5.32 Å². The van der Waals surface area contributed by atoms with Gasteiger partial charge in [0.2, 0.25) is 11.7 Å². The van der Waals surface area contributed by atoms with Crippen molar-refractivity contribution in [3.8, 4) is 11.3 Å². The highest BCUT2D eigenvalue weighted by Gasteiger charge is 2.10. The van der Waals surface area contributed by atoms with Crippen molar-refractivity contribution < 1.29 is 4.79 Å². The molecule has 2 aromatic carbocycles. The number of carbonyl (C=O) groups is 1. The molecule has 0 bridgehead atoms. The van der Waals surface area contributed by atoms with Crippen LogP contribution in [-0.4, -0.2) is 20.3 Å². The minimum Gasteiger partial charge on any atom is -0.326 e. The number of amides is 1. The Morgan fingerprint density at radius 3 is 2.78 bits per heavy atom. The molecule has 27 heavy (non-hydrogen) atoms. The summed E-state index contributed by atoms with van der Waals surface area (Å²) in [5.74, 6) is 0.565. The normalized spacial score (nSPS) is 10.9. The number of hydrogen-bond acceptors (Lipinski definition) is 3. The van der Waals surface area contributed by atoms with Crippen LogP contribution in [0.25, 0.3) is 17.0 Å². The lowest BCUT2D eigenvalue weighted by atomic mass is 10.1. The van der Waals surface area contributed by atoms with Gasteiger partial charge in [-0.15, -0.1) is 0 Å². The maximum absolute atomic E-state index is 12.4. The van der Waals surface area contributed by atoms with Crippen LogP contribution in [0.5, 0.6) is 0 Å². The Morgan fingerprint density at radius 1 is 1.19 bits per heavy atom. The van der Waals surface area contributed by atoms with E-state index in [0.717, 1.165) is 28.1 Å². The number of fused-ring (bicyclic) bond motifs is 1. The Bertz CT molecular complexity index is 1090. The Morgan fingerprint density at radius 2 is 2.00 bits per heavy atom. The van der Waals surface area contributed by atoms with Crippen molar-refractivity contribution in [1.29, 1.82) is 0 Å². The fourth-order valence-electron chi connectivity index (χ4n) is 2.87. The highest BCUT2D eigenvalue weighted by molar-refractivity contribution is 6.30. The zero-order valence-electron chi connectivity index (χ0n) is 14.7. The summed E-state index contributed by atoms with van der Waals surface area (Å²) in [4.78, 5) is 21.2. The molecule has 0 saturated heterocycles. The van der Waals surface area contributed by atoms with Crippen LogP contribution in [-0.2, 0) is 11.2 Å². The molecule has 0 spiro atoms. The van der Waals surface area contributed by atoms with Gasteiger partial charge in [0.15, 0.2) is 0 Å². The van der Waals surface area contributed by atoms with Crippen molar-refractivity contribution in [2.24, 2.45) is 0 Å². The first-order valence-corrected chi connectivity index (χ1v) is 8.91. The lowest BCUT2D eigenvalue weighted by Crippen LogP contribution is -2.15. The average molecular weight is 377 g/mol. The van der Waals surface area contributed by atoms with Crippen LogP contribution in [0.3, 0.4) is 0 Å². The van der Waals surface area contributed by atoms with Crippen LogP contribution in [0.2, 0.25) is 5.02 Å². The number of aryl methyl sites for hydroxylation is 1. The lowest BCUT2D eigenvalue weighted by molar-refractivity contribution is -0.115. The summed E-state index contributed by atoms with van der Waals surface area (Å²) in [5, 5.41) is 3.65. The summed E-state index contributed by atoms with van der Waals surface area (Å²) in [7, 11) is 0. The first kappa shape index (κ1) is 17.2. The third-order valence-corrected chi connectivity index (χ3v) is 4.57. The number of benzene rings is 2. The molecular formula is C21H17ClN4O. The van der Waals surface area contributed by atoms with Gasteiger partial charge in [0.05, 0.1) is 12.1 Å². The predicted octanol–water partition coefficient (Wildman–Crippen LogP) is 4.54.